The number of aromatic nitrogens is 8. The quantitative estimate of drug-likeness (QED) is 0.428. The Morgan fingerprint density at radius 2 is 1.25 bits per heavy atom. The molecule has 0 aromatic carbocycles. The predicted molar refractivity (Wildman–Crippen MR) is 29.6 cm³/mol. The van der Waals surface area contributed by atoms with Crippen LogP contribution in [-0.2, 0) is 0 Å². The van der Waals surface area contributed by atoms with E-state index < -0.39 is 0 Å². The maximum absolute atomic E-state index is 3.63. The monoisotopic (exact) mass is 186 g/mol. The van der Waals surface area contributed by atoms with Crippen molar-refractivity contribution in [3.05, 3.63) is 0 Å². The van der Waals surface area contributed by atoms with Crippen LogP contribution >= 0.6 is 0 Å². The van der Waals surface area contributed by atoms with Crippen LogP contribution in [0, 0.1) is 0 Å². The van der Waals surface area contributed by atoms with Crippen LogP contribution < -0.4 is 59.1 Å². The Morgan fingerprint density at radius 3 is 1.50 bits per heavy atom. The third-order valence-corrected chi connectivity index (χ3v) is 0.891. The minimum absolute atomic E-state index is 0. The molecule has 2 aromatic rings. The number of aromatic amines is 2. The molecule has 0 amide bonds. The molecule has 0 unspecified atom stereocenters. The molecule has 0 aliphatic heterocycles. The van der Waals surface area contributed by atoms with Crippen molar-refractivity contribution >= 4 is 0 Å². The smallest absolute Gasteiger partial charge is 1.00 e. The third kappa shape index (κ3) is 2.57. The SMILES string of the molecule is [H-].[H-].[Na+].[Na+].n1nc(-c2nn[nH]n2)n[nH]1. The van der Waals surface area contributed by atoms with E-state index in [9.17, 15) is 0 Å². The van der Waals surface area contributed by atoms with Gasteiger partial charge in [0, 0.05) is 0 Å². The summed E-state index contributed by atoms with van der Waals surface area (Å²) in [6, 6.07) is 0. The first-order valence-corrected chi connectivity index (χ1v) is 2.44. The Kier molecular flexibility index (Phi) is 5.80. The largest absolute Gasteiger partial charge is 1.00 e. The zero-order valence-corrected chi connectivity index (χ0v) is 10.7. The van der Waals surface area contributed by atoms with Crippen LogP contribution in [0.2, 0.25) is 0 Å². The first-order chi connectivity index (χ1) is 4.97. The summed E-state index contributed by atoms with van der Waals surface area (Å²) in [6.45, 7) is 0. The van der Waals surface area contributed by atoms with E-state index in [1.807, 2.05) is 0 Å². The van der Waals surface area contributed by atoms with Crippen molar-refractivity contribution in [2.45, 2.75) is 0 Å². The molecule has 0 saturated heterocycles. The van der Waals surface area contributed by atoms with E-state index in [2.05, 4.69) is 41.2 Å². The number of rotatable bonds is 1. The molecule has 2 aromatic heterocycles. The number of hydrogen-bond donors (Lipinski definition) is 2. The van der Waals surface area contributed by atoms with Crippen LogP contribution in [0.4, 0.5) is 0 Å². The van der Waals surface area contributed by atoms with Crippen molar-refractivity contribution in [3.63, 3.8) is 0 Å². The van der Waals surface area contributed by atoms with Crippen molar-refractivity contribution in [1.82, 2.24) is 41.2 Å². The zero-order valence-electron chi connectivity index (χ0n) is 8.68. The Hall–Kier alpha value is 0.140. The number of nitrogens with zero attached hydrogens (tertiary/aromatic N) is 6. The fourth-order valence-electron chi connectivity index (χ4n) is 0.513. The van der Waals surface area contributed by atoms with Gasteiger partial charge in [-0.3, -0.25) is 0 Å². The van der Waals surface area contributed by atoms with Crippen LogP contribution in [0.1, 0.15) is 2.85 Å². The van der Waals surface area contributed by atoms with Gasteiger partial charge in [-0.15, -0.1) is 20.4 Å². The van der Waals surface area contributed by atoms with Crippen LogP contribution in [-0.4, -0.2) is 41.2 Å². The molecular weight excluding hydrogens is 182 g/mol. The summed E-state index contributed by atoms with van der Waals surface area (Å²) in [7, 11) is 0. The molecule has 2 rings (SSSR count). The van der Waals surface area contributed by atoms with Crippen molar-refractivity contribution in [1.29, 1.82) is 0 Å². The first kappa shape index (κ1) is 12.1. The topological polar surface area (TPSA) is 109 Å². The van der Waals surface area contributed by atoms with E-state index in [1.54, 1.807) is 0 Å². The van der Waals surface area contributed by atoms with Crippen molar-refractivity contribution in [2.24, 2.45) is 0 Å². The molecule has 0 aliphatic carbocycles. The predicted octanol–water partition coefficient (Wildman–Crippen LogP) is -7.39. The Labute approximate surface area is 114 Å². The number of H-pyrrole nitrogens is 2. The van der Waals surface area contributed by atoms with Gasteiger partial charge in [0.25, 0.3) is 0 Å². The second-order valence-corrected chi connectivity index (χ2v) is 1.47. The minimum Gasteiger partial charge on any atom is -1.00 e. The van der Waals surface area contributed by atoms with E-state index in [-0.39, 0.29) is 62.0 Å². The minimum atomic E-state index is 0. The van der Waals surface area contributed by atoms with E-state index in [1.165, 1.54) is 0 Å². The molecule has 0 aliphatic rings. The van der Waals surface area contributed by atoms with E-state index >= 15 is 0 Å². The Morgan fingerprint density at radius 1 is 0.833 bits per heavy atom. The van der Waals surface area contributed by atoms with Gasteiger partial charge in [-0.05, 0) is 10.4 Å². The summed E-state index contributed by atoms with van der Waals surface area (Å²) in [4.78, 5) is 0. The van der Waals surface area contributed by atoms with Gasteiger partial charge in [-0.1, -0.05) is 0 Å². The molecule has 54 valence electrons. The van der Waals surface area contributed by atoms with Crippen molar-refractivity contribution in [2.75, 3.05) is 0 Å². The van der Waals surface area contributed by atoms with Crippen LogP contribution in [0.25, 0.3) is 11.6 Å². The standard InChI is InChI=1S/C2H2N8.2Na.2H/c3-1(4-8-7-3)2-5-9-10-6-2;;;;/h(H,3,4,7,8)(H,5,6,9,10);;;;/q;2*+1;2*-1. The molecule has 2 heterocycles. The van der Waals surface area contributed by atoms with Gasteiger partial charge < -0.3 is 2.85 Å². The molecule has 0 atom stereocenters. The zero-order chi connectivity index (χ0) is 6.81. The van der Waals surface area contributed by atoms with E-state index in [4.69, 9.17) is 0 Å². The van der Waals surface area contributed by atoms with Gasteiger partial charge in [0.05, 0.1) is 0 Å². The summed E-state index contributed by atoms with van der Waals surface area (Å²) >= 11 is 0. The molecule has 0 fully saturated rings. The number of hydrogen-bond acceptors (Lipinski definition) is 6. The summed E-state index contributed by atoms with van der Waals surface area (Å²) in [6.07, 6.45) is 0. The average Bonchev–Trinajstić information content (AvgIpc) is 2.59. The van der Waals surface area contributed by atoms with E-state index in [0.29, 0.717) is 11.6 Å². The molecule has 0 saturated carbocycles. The van der Waals surface area contributed by atoms with Crippen LogP contribution in [0.5, 0.6) is 0 Å². The fourth-order valence-corrected chi connectivity index (χ4v) is 0.513. The molecule has 10 heteroatoms. The molecular formula is C2H4N8Na2. The van der Waals surface area contributed by atoms with Gasteiger partial charge in [0.2, 0.25) is 11.6 Å². The molecule has 0 bridgehead atoms. The average molecular weight is 186 g/mol. The van der Waals surface area contributed by atoms with Crippen molar-refractivity contribution in [3.8, 4) is 11.6 Å². The number of tetrazole rings is 2. The summed E-state index contributed by atoms with van der Waals surface area (Å²) < 4.78 is 0. The van der Waals surface area contributed by atoms with Crippen molar-refractivity contribution < 1.29 is 62.0 Å². The maximum Gasteiger partial charge on any atom is 1.00 e. The Bertz CT molecular complexity index is 263. The first-order valence-electron chi connectivity index (χ1n) is 2.44. The third-order valence-electron chi connectivity index (χ3n) is 0.891. The molecule has 0 radical (unpaired) electrons. The number of nitrogens with one attached hydrogen (secondary N) is 2. The van der Waals surface area contributed by atoms with Gasteiger partial charge in [0.15, 0.2) is 0 Å². The van der Waals surface area contributed by atoms with Gasteiger partial charge in [-0.2, -0.15) is 10.4 Å². The fraction of sp³-hybridized carbons (Fsp3) is 0. The van der Waals surface area contributed by atoms with Gasteiger partial charge >= 0.3 is 59.1 Å². The van der Waals surface area contributed by atoms with Crippen LogP contribution in [0.15, 0.2) is 0 Å². The second-order valence-electron chi connectivity index (χ2n) is 1.47. The Balaban J connectivity index is -0.000000302. The molecule has 12 heavy (non-hydrogen) atoms. The second kappa shape index (κ2) is 5.73. The normalized spacial score (nSPS) is 8.33. The molecule has 0 spiro atoms. The van der Waals surface area contributed by atoms with Gasteiger partial charge in [-0.25, -0.2) is 0 Å². The summed E-state index contributed by atoms with van der Waals surface area (Å²) in [5.41, 5.74) is 0. The maximum atomic E-state index is 3.63. The van der Waals surface area contributed by atoms with Crippen LogP contribution in [0.3, 0.4) is 0 Å². The summed E-state index contributed by atoms with van der Waals surface area (Å²) in [5, 5.41) is 25.7. The summed E-state index contributed by atoms with van der Waals surface area (Å²) in [5.74, 6) is 0.655. The molecule has 8 nitrogen and oxygen atoms in total. The van der Waals surface area contributed by atoms with Gasteiger partial charge in [0.1, 0.15) is 0 Å². The van der Waals surface area contributed by atoms with E-state index in [0.717, 1.165) is 0 Å². The molecule has 2 N–H and O–H groups in total.